The number of nitrogens with one attached hydrogen (secondary N) is 1. The molecule has 2 aromatic rings. The molecule has 0 aliphatic rings. The van der Waals surface area contributed by atoms with Gasteiger partial charge in [-0.1, -0.05) is 54.0 Å². The Morgan fingerprint density at radius 1 is 1.16 bits per heavy atom. The Balaban J connectivity index is 2.29. The van der Waals surface area contributed by atoms with Gasteiger partial charge in [0.2, 0.25) is 15.9 Å². The highest BCUT2D eigenvalue weighted by Gasteiger charge is 2.24. The zero-order valence-corrected chi connectivity index (χ0v) is 16.8. The summed E-state index contributed by atoms with van der Waals surface area (Å²) in [5, 5.41) is 2.73. The van der Waals surface area contributed by atoms with Crippen molar-refractivity contribution < 1.29 is 13.2 Å². The van der Waals surface area contributed by atoms with E-state index in [2.05, 4.69) is 21.2 Å². The lowest BCUT2D eigenvalue weighted by atomic mass is 10.0. The summed E-state index contributed by atoms with van der Waals surface area (Å²) >= 11 is 3.34. The summed E-state index contributed by atoms with van der Waals surface area (Å²) in [6, 6.07) is 14.4. The fraction of sp³-hybridized carbons (Fsp3) is 0.278. The largest absolute Gasteiger partial charge is 0.324 e. The standard InChI is InChI=1S/C18H21BrN2O3S/c1-13(2)16-9-4-5-10-17(16)21(25(3,23)24)12-18(22)20-15-8-6-7-14(19)11-15/h4-11,13H,12H2,1-3H3,(H,20,22). The summed E-state index contributed by atoms with van der Waals surface area (Å²) in [5.41, 5.74) is 2.01. The summed E-state index contributed by atoms with van der Waals surface area (Å²) < 4.78 is 26.6. The summed E-state index contributed by atoms with van der Waals surface area (Å²) in [7, 11) is -3.61. The number of carbonyl (C=O) groups excluding carboxylic acids is 1. The quantitative estimate of drug-likeness (QED) is 0.762. The first-order valence-electron chi connectivity index (χ1n) is 7.80. The van der Waals surface area contributed by atoms with Crippen molar-refractivity contribution in [2.75, 3.05) is 22.4 Å². The molecule has 0 bridgehead atoms. The zero-order valence-electron chi connectivity index (χ0n) is 14.4. The number of carbonyl (C=O) groups is 1. The molecule has 0 aromatic heterocycles. The van der Waals surface area contributed by atoms with Crippen molar-refractivity contribution in [3.8, 4) is 0 Å². The highest BCUT2D eigenvalue weighted by Crippen LogP contribution is 2.29. The molecule has 2 aromatic carbocycles. The van der Waals surface area contributed by atoms with E-state index in [-0.39, 0.29) is 12.5 Å². The molecule has 2 rings (SSSR count). The van der Waals surface area contributed by atoms with Crippen LogP contribution in [0.1, 0.15) is 25.3 Å². The Bertz CT molecular complexity index is 866. The van der Waals surface area contributed by atoms with Crippen molar-refractivity contribution in [1.82, 2.24) is 0 Å². The van der Waals surface area contributed by atoms with E-state index < -0.39 is 15.9 Å². The first kappa shape index (κ1) is 19.5. The summed E-state index contributed by atoms with van der Waals surface area (Å²) in [6.45, 7) is 3.69. The van der Waals surface area contributed by atoms with Gasteiger partial charge in [-0.3, -0.25) is 9.10 Å². The summed E-state index contributed by atoms with van der Waals surface area (Å²) in [4.78, 5) is 12.4. The van der Waals surface area contributed by atoms with Crippen molar-refractivity contribution >= 4 is 43.2 Å². The van der Waals surface area contributed by atoms with E-state index in [9.17, 15) is 13.2 Å². The van der Waals surface area contributed by atoms with Crippen LogP contribution < -0.4 is 9.62 Å². The molecule has 0 aliphatic heterocycles. The third-order valence-corrected chi connectivity index (χ3v) is 5.24. The molecule has 0 spiro atoms. The van der Waals surface area contributed by atoms with Crippen LogP contribution >= 0.6 is 15.9 Å². The van der Waals surface area contributed by atoms with Gasteiger partial charge in [0.15, 0.2) is 0 Å². The van der Waals surface area contributed by atoms with E-state index in [1.807, 2.05) is 32.0 Å². The molecule has 0 atom stereocenters. The van der Waals surface area contributed by atoms with E-state index in [0.29, 0.717) is 11.4 Å². The monoisotopic (exact) mass is 424 g/mol. The SMILES string of the molecule is CC(C)c1ccccc1N(CC(=O)Nc1cccc(Br)c1)S(C)(=O)=O. The van der Waals surface area contributed by atoms with Crippen LogP contribution in [-0.4, -0.2) is 27.1 Å². The molecule has 7 heteroatoms. The molecule has 0 saturated carbocycles. The first-order chi connectivity index (χ1) is 11.7. The number of benzene rings is 2. The number of nitrogens with zero attached hydrogens (tertiary/aromatic N) is 1. The first-order valence-corrected chi connectivity index (χ1v) is 10.4. The molecule has 0 fully saturated rings. The smallest absolute Gasteiger partial charge is 0.245 e. The van der Waals surface area contributed by atoms with E-state index in [1.54, 1.807) is 30.3 Å². The molecule has 0 saturated heterocycles. The van der Waals surface area contributed by atoms with Gasteiger partial charge in [0.05, 0.1) is 11.9 Å². The van der Waals surface area contributed by atoms with E-state index in [0.717, 1.165) is 20.6 Å². The minimum absolute atomic E-state index is 0.133. The van der Waals surface area contributed by atoms with Gasteiger partial charge >= 0.3 is 0 Å². The predicted octanol–water partition coefficient (Wildman–Crippen LogP) is 3.98. The highest BCUT2D eigenvalue weighted by atomic mass is 79.9. The van der Waals surface area contributed by atoms with E-state index in [4.69, 9.17) is 0 Å². The molecule has 5 nitrogen and oxygen atoms in total. The van der Waals surface area contributed by atoms with Crippen LogP contribution in [0, 0.1) is 0 Å². The second-order valence-corrected chi connectivity index (χ2v) is 8.86. The van der Waals surface area contributed by atoms with Gasteiger partial charge in [0, 0.05) is 10.2 Å². The van der Waals surface area contributed by atoms with Crippen molar-refractivity contribution in [2.24, 2.45) is 0 Å². The second kappa shape index (κ2) is 8.01. The van der Waals surface area contributed by atoms with Gasteiger partial charge in [-0.25, -0.2) is 8.42 Å². The average molecular weight is 425 g/mol. The molecule has 0 radical (unpaired) electrons. The maximum atomic E-state index is 12.4. The third kappa shape index (κ3) is 5.31. The van der Waals surface area contributed by atoms with E-state index in [1.165, 1.54) is 0 Å². The molecule has 1 amide bonds. The van der Waals surface area contributed by atoms with E-state index >= 15 is 0 Å². The van der Waals surface area contributed by atoms with Gasteiger partial charge < -0.3 is 5.32 Å². The van der Waals surface area contributed by atoms with Crippen LogP contribution in [0.2, 0.25) is 0 Å². The maximum absolute atomic E-state index is 12.4. The number of hydrogen-bond donors (Lipinski definition) is 1. The fourth-order valence-electron chi connectivity index (χ4n) is 2.48. The molecule has 1 N–H and O–H groups in total. The molecule has 25 heavy (non-hydrogen) atoms. The van der Waals surface area contributed by atoms with Crippen molar-refractivity contribution in [1.29, 1.82) is 0 Å². The van der Waals surface area contributed by atoms with Crippen molar-refractivity contribution in [3.63, 3.8) is 0 Å². The number of amides is 1. The number of hydrogen-bond acceptors (Lipinski definition) is 3. The number of rotatable bonds is 6. The number of halogens is 1. The molecule has 134 valence electrons. The molecule has 0 aliphatic carbocycles. The van der Waals surface area contributed by atoms with Gasteiger partial charge in [-0.15, -0.1) is 0 Å². The minimum atomic E-state index is -3.61. The Hall–Kier alpha value is -1.86. The Morgan fingerprint density at radius 3 is 2.44 bits per heavy atom. The topological polar surface area (TPSA) is 66.5 Å². The predicted molar refractivity (Wildman–Crippen MR) is 105 cm³/mol. The van der Waals surface area contributed by atoms with Gasteiger partial charge in [0.1, 0.15) is 6.54 Å². The second-order valence-electron chi connectivity index (χ2n) is 6.04. The minimum Gasteiger partial charge on any atom is -0.324 e. The zero-order chi connectivity index (χ0) is 18.6. The van der Waals surface area contributed by atoms with Crippen LogP contribution in [-0.2, 0) is 14.8 Å². The summed E-state index contributed by atoms with van der Waals surface area (Å²) in [6.07, 6.45) is 1.11. The van der Waals surface area contributed by atoms with Crippen LogP contribution in [0.4, 0.5) is 11.4 Å². The number of sulfonamides is 1. The average Bonchev–Trinajstić information content (AvgIpc) is 2.51. The molecule has 0 unspecified atom stereocenters. The fourth-order valence-corrected chi connectivity index (χ4v) is 3.76. The lowest BCUT2D eigenvalue weighted by Gasteiger charge is -2.25. The maximum Gasteiger partial charge on any atom is 0.245 e. The Kier molecular flexibility index (Phi) is 6.24. The number of para-hydroxylation sites is 1. The molecular weight excluding hydrogens is 404 g/mol. The Morgan fingerprint density at radius 2 is 1.84 bits per heavy atom. The lowest BCUT2D eigenvalue weighted by Crippen LogP contribution is -2.38. The van der Waals surface area contributed by atoms with Crippen LogP contribution in [0.5, 0.6) is 0 Å². The highest BCUT2D eigenvalue weighted by molar-refractivity contribution is 9.10. The third-order valence-electron chi connectivity index (χ3n) is 3.62. The number of anilines is 2. The van der Waals surface area contributed by atoms with Crippen LogP contribution in [0.25, 0.3) is 0 Å². The van der Waals surface area contributed by atoms with Gasteiger partial charge in [0.25, 0.3) is 0 Å². The summed E-state index contributed by atoms with van der Waals surface area (Å²) in [5.74, 6) is -0.268. The van der Waals surface area contributed by atoms with Gasteiger partial charge in [-0.2, -0.15) is 0 Å². The molecule has 0 heterocycles. The molecular formula is C18H21BrN2O3S. The Labute approximate surface area is 157 Å². The van der Waals surface area contributed by atoms with Crippen LogP contribution in [0.3, 0.4) is 0 Å². The lowest BCUT2D eigenvalue weighted by molar-refractivity contribution is -0.114. The van der Waals surface area contributed by atoms with Gasteiger partial charge in [-0.05, 0) is 35.7 Å². The van der Waals surface area contributed by atoms with Crippen LogP contribution in [0.15, 0.2) is 53.0 Å². The van der Waals surface area contributed by atoms with Crippen molar-refractivity contribution in [3.05, 3.63) is 58.6 Å². The normalized spacial score (nSPS) is 11.4. The van der Waals surface area contributed by atoms with Crippen molar-refractivity contribution in [2.45, 2.75) is 19.8 Å².